The molecule has 90 valence electrons. The molecule has 1 atom stereocenters. The number of carbonyl (C=O) groups excluding carboxylic acids is 1. The summed E-state index contributed by atoms with van der Waals surface area (Å²) in [6.45, 7) is 0. The highest BCUT2D eigenvalue weighted by atomic mass is 35.5. The Balaban J connectivity index is 2.98. The van der Waals surface area contributed by atoms with Crippen molar-refractivity contribution >= 4 is 17.5 Å². The topological polar surface area (TPSA) is 46.9 Å². The van der Waals surface area contributed by atoms with Crippen LogP contribution in [-0.4, -0.2) is 27.5 Å². The molecular weight excluding hydrogens is 247 g/mol. The van der Waals surface area contributed by atoms with Gasteiger partial charge in [0, 0.05) is 19.4 Å². The van der Waals surface area contributed by atoms with Crippen molar-refractivity contribution in [2.75, 3.05) is 5.88 Å². The number of hydrogen-bond acceptors (Lipinski definition) is 2. The second-order valence-corrected chi connectivity index (χ2v) is 3.34. The van der Waals surface area contributed by atoms with Crippen LogP contribution in [0.2, 0.25) is 0 Å². The monoisotopic (exact) mass is 255 g/mol. The molecule has 0 aliphatic heterocycles. The molecule has 1 amide bonds. The molecule has 1 heterocycles. The van der Waals surface area contributed by atoms with Crippen LogP contribution in [-0.2, 0) is 11.8 Å². The summed E-state index contributed by atoms with van der Waals surface area (Å²) in [6.07, 6.45) is -2.03. The molecular formula is C8H9ClF3N3O. The number of nitrogens with zero attached hydrogens (tertiary/aromatic N) is 2. The first-order valence-electron chi connectivity index (χ1n) is 4.25. The van der Waals surface area contributed by atoms with Gasteiger partial charge in [-0.1, -0.05) is 0 Å². The summed E-state index contributed by atoms with van der Waals surface area (Å²) in [5.41, 5.74) is 0. The fourth-order valence-electron chi connectivity index (χ4n) is 1.15. The van der Waals surface area contributed by atoms with Gasteiger partial charge in [-0.2, -0.15) is 13.2 Å². The molecule has 1 aromatic rings. The van der Waals surface area contributed by atoms with Gasteiger partial charge < -0.3 is 9.88 Å². The molecule has 0 fully saturated rings. The SMILES string of the molecule is Cn1ccnc1C(NC(=O)CCl)C(F)(F)F. The molecule has 8 heteroatoms. The van der Waals surface area contributed by atoms with E-state index in [9.17, 15) is 18.0 Å². The molecule has 1 rings (SSSR count). The Kier molecular flexibility index (Phi) is 3.79. The lowest BCUT2D eigenvalue weighted by molar-refractivity contribution is -0.164. The summed E-state index contributed by atoms with van der Waals surface area (Å²) in [6, 6.07) is -2.14. The molecule has 0 aromatic carbocycles. The summed E-state index contributed by atoms with van der Waals surface area (Å²) < 4.78 is 39.1. The Morgan fingerprint density at radius 3 is 2.69 bits per heavy atom. The van der Waals surface area contributed by atoms with E-state index in [0.29, 0.717) is 0 Å². The van der Waals surface area contributed by atoms with Crippen molar-refractivity contribution in [1.29, 1.82) is 0 Å². The van der Waals surface area contributed by atoms with Gasteiger partial charge in [0.25, 0.3) is 0 Å². The van der Waals surface area contributed by atoms with Crippen LogP contribution in [0, 0.1) is 0 Å². The molecule has 0 saturated heterocycles. The number of amides is 1. The van der Waals surface area contributed by atoms with E-state index in [1.807, 2.05) is 0 Å². The lowest BCUT2D eigenvalue weighted by Gasteiger charge is -2.20. The molecule has 1 unspecified atom stereocenters. The molecule has 0 bridgehead atoms. The van der Waals surface area contributed by atoms with Crippen molar-refractivity contribution in [3.8, 4) is 0 Å². The van der Waals surface area contributed by atoms with Crippen LogP contribution in [0.1, 0.15) is 11.9 Å². The number of aryl methyl sites for hydroxylation is 1. The standard InChI is InChI=1S/C8H9ClF3N3O/c1-15-3-2-13-7(15)6(8(10,11)12)14-5(16)4-9/h2-3,6H,4H2,1H3,(H,14,16). The Labute approximate surface area is 94.4 Å². The summed E-state index contributed by atoms with van der Waals surface area (Å²) in [5, 5.41) is 1.77. The predicted molar refractivity (Wildman–Crippen MR) is 50.9 cm³/mol. The lowest BCUT2D eigenvalue weighted by atomic mass is 10.2. The quantitative estimate of drug-likeness (QED) is 0.830. The van der Waals surface area contributed by atoms with Crippen LogP contribution < -0.4 is 5.32 Å². The minimum absolute atomic E-state index is 0.286. The van der Waals surface area contributed by atoms with Crippen molar-refractivity contribution in [3.05, 3.63) is 18.2 Å². The van der Waals surface area contributed by atoms with Crippen molar-refractivity contribution in [3.63, 3.8) is 0 Å². The number of alkyl halides is 4. The fraction of sp³-hybridized carbons (Fsp3) is 0.500. The Morgan fingerprint density at radius 2 is 2.31 bits per heavy atom. The fourth-order valence-corrected chi connectivity index (χ4v) is 1.22. The molecule has 0 radical (unpaired) electrons. The van der Waals surface area contributed by atoms with Gasteiger partial charge in [0.1, 0.15) is 11.7 Å². The van der Waals surface area contributed by atoms with E-state index in [4.69, 9.17) is 11.6 Å². The number of aromatic nitrogens is 2. The van der Waals surface area contributed by atoms with Crippen LogP contribution in [0.5, 0.6) is 0 Å². The highest BCUT2D eigenvalue weighted by Gasteiger charge is 2.44. The Morgan fingerprint density at radius 1 is 1.69 bits per heavy atom. The Bertz CT molecular complexity index is 377. The highest BCUT2D eigenvalue weighted by Crippen LogP contribution is 2.31. The third-order valence-corrected chi connectivity index (χ3v) is 2.11. The minimum atomic E-state index is -4.61. The van der Waals surface area contributed by atoms with E-state index in [2.05, 4.69) is 4.98 Å². The molecule has 0 aliphatic carbocycles. The summed E-state index contributed by atoms with van der Waals surface area (Å²) in [5.74, 6) is -1.71. The van der Waals surface area contributed by atoms with E-state index in [0.717, 1.165) is 0 Å². The van der Waals surface area contributed by atoms with E-state index >= 15 is 0 Å². The van der Waals surface area contributed by atoms with Crippen molar-refractivity contribution in [1.82, 2.24) is 14.9 Å². The lowest BCUT2D eigenvalue weighted by Crippen LogP contribution is -2.40. The van der Waals surface area contributed by atoms with E-state index in [1.165, 1.54) is 24.0 Å². The second-order valence-electron chi connectivity index (χ2n) is 3.07. The van der Waals surface area contributed by atoms with Crippen LogP contribution in [0.15, 0.2) is 12.4 Å². The second kappa shape index (κ2) is 4.73. The van der Waals surface area contributed by atoms with E-state index in [1.54, 1.807) is 5.32 Å². The van der Waals surface area contributed by atoms with Crippen molar-refractivity contribution < 1.29 is 18.0 Å². The van der Waals surface area contributed by atoms with Gasteiger partial charge in [-0.05, 0) is 0 Å². The zero-order valence-electron chi connectivity index (χ0n) is 8.25. The maximum atomic E-state index is 12.6. The number of hydrogen-bond donors (Lipinski definition) is 1. The first-order chi connectivity index (χ1) is 7.36. The van der Waals surface area contributed by atoms with Gasteiger partial charge in [-0.3, -0.25) is 4.79 Å². The molecule has 0 saturated carbocycles. The number of carbonyl (C=O) groups is 1. The predicted octanol–water partition coefficient (Wildman–Crippen LogP) is 1.38. The zero-order chi connectivity index (χ0) is 12.3. The zero-order valence-corrected chi connectivity index (χ0v) is 9.01. The third kappa shape index (κ3) is 2.88. The highest BCUT2D eigenvalue weighted by molar-refractivity contribution is 6.27. The molecule has 4 nitrogen and oxygen atoms in total. The van der Waals surface area contributed by atoms with Crippen molar-refractivity contribution in [2.24, 2.45) is 7.05 Å². The maximum absolute atomic E-state index is 12.6. The van der Waals surface area contributed by atoms with Crippen LogP contribution in [0.25, 0.3) is 0 Å². The van der Waals surface area contributed by atoms with Gasteiger partial charge in [-0.15, -0.1) is 11.6 Å². The van der Waals surface area contributed by atoms with Gasteiger partial charge >= 0.3 is 6.18 Å². The first-order valence-corrected chi connectivity index (χ1v) is 4.79. The molecule has 1 aromatic heterocycles. The molecule has 0 aliphatic rings. The Hall–Kier alpha value is -1.24. The average Bonchev–Trinajstić information content (AvgIpc) is 2.58. The largest absolute Gasteiger partial charge is 0.415 e. The minimum Gasteiger partial charge on any atom is -0.337 e. The normalized spacial score (nSPS) is 13.6. The number of nitrogens with one attached hydrogen (secondary N) is 1. The molecule has 16 heavy (non-hydrogen) atoms. The van der Waals surface area contributed by atoms with Crippen molar-refractivity contribution in [2.45, 2.75) is 12.2 Å². The van der Waals surface area contributed by atoms with Gasteiger partial charge in [-0.25, -0.2) is 4.98 Å². The number of halogens is 4. The average molecular weight is 256 g/mol. The van der Waals surface area contributed by atoms with Crippen LogP contribution in [0.3, 0.4) is 0 Å². The van der Waals surface area contributed by atoms with Crippen LogP contribution >= 0.6 is 11.6 Å². The molecule has 0 spiro atoms. The maximum Gasteiger partial charge on any atom is 0.415 e. The number of imidazole rings is 1. The van der Waals surface area contributed by atoms with Gasteiger partial charge in [0.05, 0.1) is 0 Å². The van der Waals surface area contributed by atoms with Crippen LogP contribution in [0.4, 0.5) is 13.2 Å². The van der Waals surface area contributed by atoms with Gasteiger partial charge in [0.15, 0.2) is 6.04 Å². The van der Waals surface area contributed by atoms with Gasteiger partial charge in [0.2, 0.25) is 5.91 Å². The summed E-state index contributed by atoms with van der Waals surface area (Å²) in [4.78, 5) is 14.5. The summed E-state index contributed by atoms with van der Waals surface area (Å²) in [7, 11) is 1.41. The summed E-state index contributed by atoms with van der Waals surface area (Å²) >= 11 is 5.14. The van der Waals surface area contributed by atoms with E-state index < -0.39 is 24.0 Å². The molecule has 1 N–H and O–H groups in total. The third-order valence-electron chi connectivity index (χ3n) is 1.87. The smallest absolute Gasteiger partial charge is 0.337 e. The number of rotatable bonds is 3. The first kappa shape index (κ1) is 12.8. The van der Waals surface area contributed by atoms with E-state index in [-0.39, 0.29) is 5.82 Å².